The monoisotopic (exact) mass is 316 g/mol. The molecule has 0 fully saturated rings. The molecule has 0 amide bonds. The fraction of sp³-hybridized carbons (Fsp3) is 0.176. The Morgan fingerprint density at radius 2 is 2.00 bits per heavy atom. The molecular weight excluding hydrogens is 300 g/mol. The predicted molar refractivity (Wildman–Crippen MR) is 88.3 cm³/mol. The average molecular weight is 317 g/mol. The van der Waals surface area contributed by atoms with Crippen LogP contribution >= 0.6 is 11.6 Å². The number of carbonyl (C=O) groups is 1. The Kier molecular flexibility index (Phi) is 5.17. The van der Waals surface area contributed by atoms with Crippen molar-refractivity contribution in [3.05, 3.63) is 59.4 Å². The van der Waals surface area contributed by atoms with E-state index in [1.54, 1.807) is 18.3 Å². The zero-order chi connectivity index (χ0) is 16.1. The summed E-state index contributed by atoms with van der Waals surface area (Å²) in [5, 5.41) is 0.662. The van der Waals surface area contributed by atoms with Gasteiger partial charge in [-0.25, -0.2) is 9.78 Å². The summed E-state index contributed by atoms with van der Waals surface area (Å²) in [5.41, 5.74) is 2.89. The van der Waals surface area contributed by atoms with Crippen molar-refractivity contribution in [2.75, 3.05) is 7.11 Å². The van der Waals surface area contributed by atoms with Gasteiger partial charge in [-0.05, 0) is 24.3 Å². The van der Waals surface area contributed by atoms with Crippen LogP contribution in [0.5, 0.6) is 0 Å². The van der Waals surface area contributed by atoms with Gasteiger partial charge in [-0.2, -0.15) is 0 Å². The second-order valence-corrected chi connectivity index (χ2v) is 4.75. The van der Waals surface area contributed by atoms with Crippen LogP contribution in [-0.2, 0) is 4.74 Å². The number of fused-ring (bicyclic) bond motifs is 1. The maximum Gasteiger partial charge on any atom is 0.338 e. The summed E-state index contributed by atoms with van der Waals surface area (Å²) >= 11 is 5.98. The van der Waals surface area contributed by atoms with Gasteiger partial charge in [0.25, 0.3) is 0 Å². The Hall–Kier alpha value is -2.33. The van der Waals surface area contributed by atoms with Gasteiger partial charge in [0.05, 0.1) is 18.4 Å². The average Bonchev–Trinajstić information content (AvgIpc) is 2.99. The number of methoxy groups -OCH3 is 1. The highest BCUT2D eigenvalue weighted by Gasteiger charge is 2.09. The lowest BCUT2D eigenvalue weighted by atomic mass is 10.2. The first-order valence-corrected chi connectivity index (χ1v) is 7.38. The zero-order valence-corrected chi connectivity index (χ0v) is 13.5. The molecule has 0 aliphatic heterocycles. The molecule has 0 atom stereocenters. The fourth-order valence-corrected chi connectivity index (χ4v) is 2.20. The molecule has 0 unspecified atom stereocenters. The molecule has 2 aromatic heterocycles. The molecule has 0 spiro atoms. The smallest absolute Gasteiger partial charge is 0.338 e. The number of esters is 1. The van der Waals surface area contributed by atoms with E-state index in [2.05, 4.69) is 4.98 Å². The van der Waals surface area contributed by atoms with Crippen LogP contribution in [0.15, 0.2) is 48.8 Å². The zero-order valence-electron chi connectivity index (χ0n) is 12.7. The van der Waals surface area contributed by atoms with Crippen LogP contribution in [0.3, 0.4) is 0 Å². The SMILES string of the molecule is CC.COC(=O)c1ccn2cc(-c3cccc(Cl)c3)nc2c1. The van der Waals surface area contributed by atoms with Crippen LogP contribution in [0, 0.1) is 0 Å². The third kappa shape index (κ3) is 3.28. The van der Waals surface area contributed by atoms with Crippen molar-refractivity contribution in [1.82, 2.24) is 9.38 Å². The molecule has 22 heavy (non-hydrogen) atoms. The Balaban J connectivity index is 0.000000847. The molecular formula is C17H17ClN2O2. The van der Waals surface area contributed by atoms with Gasteiger partial charge >= 0.3 is 5.97 Å². The van der Waals surface area contributed by atoms with E-state index in [1.807, 2.05) is 48.7 Å². The number of ether oxygens (including phenoxy) is 1. The first-order chi connectivity index (χ1) is 10.7. The first kappa shape index (κ1) is 16.0. The van der Waals surface area contributed by atoms with E-state index in [0.29, 0.717) is 16.2 Å². The maximum atomic E-state index is 11.5. The largest absolute Gasteiger partial charge is 0.465 e. The van der Waals surface area contributed by atoms with Crippen molar-refractivity contribution in [3.8, 4) is 11.3 Å². The maximum absolute atomic E-state index is 11.5. The van der Waals surface area contributed by atoms with Gasteiger partial charge < -0.3 is 9.14 Å². The highest BCUT2D eigenvalue weighted by atomic mass is 35.5. The van der Waals surface area contributed by atoms with Gasteiger partial charge in [0, 0.05) is 23.0 Å². The molecule has 0 aliphatic carbocycles. The van der Waals surface area contributed by atoms with Gasteiger partial charge in [-0.15, -0.1) is 0 Å². The first-order valence-electron chi connectivity index (χ1n) is 7.00. The van der Waals surface area contributed by atoms with Crippen molar-refractivity contribution in [2.45, 2.75) is 13.8 Å². The standard InChI is InChI=1S/C15H11ClN2O2.C2H6/c1-20-15(19)11-5-6-18-9-13(17-14(18)8-11)10-3-2-4-12(16)7-10;1-2/h2-9H,1H3;1-2H3. The molecule has 3 rings (SSSR count). The molecule has 0 bridgehead atoms. The number of benzene rings is 1. The number of imidazole rings is 1. The van der Waals surface area contributed by atoms with Crippen molar-refractivity contribution in [2.24, 2.45) is 0 Å². The topological polar surface area (TPSA) is 43.6 Å². The van der Waals surface area contributed by atoms with E-state index < -0.39 is 0 Å². The van der Waals surface area contributed by atoms with E-state index in [9.17, 15) is 4.79 Å². The van der Waals surface area contributed by atoms with Gasteiger partial charge in [-0.3, -0.25) is 0 Å². The summed E-state index contributed by atoms with van der Waals surface area (Å²) in [6.07, 6.45) is 3.67. The summed E-state index contributed by atoms with van der Waals surface area (Å²) in [5.74, 6) is -0.375. The van der Waals surface area contributed by atoms with Crippen LogP contribution in [0.4, 0.5) is 0 Å². The molecule has 0 N–H and O–H groups in total. The summed E-state index contributed by atoms with van der Waals surface area (Å²) in [6.45, 7) is 4.00. The highest BCUT2D eigenvalue weighted by Crippen LogP contribution is 2.22. The van der Waals surface area contributed by atoms with E-state index >= 15 is 0 Å². The Labute approximate surface area is 134 Å². The molecule has 0 radical (unpaired) electrons. The van der Waals surface area contributed by atoms with Gasteiger partial charge in [0.15, 0.2) is 0 Å². The second-order valence-electron chi connectivity index (χ2n) is 4.31. The summed E-state index contributed by atoms with van der Waals surface area (Å²) < 4.78 is 6.55. The lowest BCUT2D eigenvalue weighted by Gasteiger charge is -1.98. The van der Waals surface area contributed by atoms with E-state index in [1.165, 1.54) is 7.11 Å². The number of aromatic nitrogens is 2. The number of nitrogens with zero attached hydrogens (tertiary/aromatic N) is 2. The third-order valence-electron chi connectivity index (χ3n) is 3.00. The minimum atomic E-state index is -0.375. The van der Waals surface area contributed by atoms with Crippen molar-refractivity contribution < 1.29 is 9.53 Å². The molecule has 4 nitrogen and oxygen atoms in total. The lowest BCUT2D eigenvalue weighted by Crippen LogP contribution is -2.01. The highest BCUT2D eigenvalue weighted by molar-refractivity contribution is 6.30. The minimum absolute atomic E-state index is 0.375. The molecule has 1 aromatic carbocycles. The van der Waals surface area contributed by atoms with Gasteiger partial charge in [-0.1, -0.05) is 37.6 Å². The molecule has 0 saturated carbocycles. The molecule has 2 heterocycles. The number of carbonyl (C=O) groups excluding carboxylic acids is 1. The van der Waals surface area contributed by atoms with Crippen LogP contribution in [-0.4, -0.2) is 22.5 Å². The Morgan fingerprint density at radius 1 is 1.23 bits per heavy atom. The normalized spacial score (nSPS) is 10.0. The Morgan fingerprint density at radius 3 is 2.68 bits per heavy atom. The number of halogens is 1. The predicted octanol–water partition coefficient (Wildman–Crippen LogP) is 4.47. The molecule has 5 heteroatoms. The van der Waals surface area contributed by atoms with Gasteiger partial charge in [0.2, 0.25) is 0 Å². The Bertz CT molecular complexity index is 796. The minimum Gasteiger partial charge on any atom is -0.465 e. The van der Waals surface area contributed by atoms with E-state index in [0.717, 1.165) is 11.3 Å². The quantitative estimate of drug-likeness (QED) is 0.655. The van der Waals surface area contributed by atoms with Crippen molar-refractivity contribution in [1.29, 1.82) is 0 Å². The van der Waals surface area contributed by atoms with Crippen LogP contribution in [0.2, 0.25) is 5.02 Å². The molecule has 0 aliphatic rings. The third-order valence-corrected chi connectivity index (χ3v) is 3.24. The lowest BCUT2D eigenvalue weighted by molar-refractivity contribution is 0.0600. The second kappa shape index (κ2) is 7.09. The van der Waals surface area contributed by atoms with Crippen LogP contribution in [0.1, 0.15) is 24.2 Å². The molecule has 114 valence electrons. The summed E-state index contributed by atoms with van der Waals surface area (Å²) in [6, 6.07) is 10.9. The number of hydrogen-bond acceptors (Lipinski definition) is 3. The number of hydrogen-bond donors (Lipinski definition) is 0. The van der Waals surface area contributed by atoms with Crippen LogP contribution in [0.25, 0.3) is 16.9 Å². The van der Waals surface area contributed by atoms with Crippen molar-refractivity contribution >= 4 is 23.2 Å². The van der Waals surface area contributed by atoms with E-state index in [4.69, 9.17) is 16.3 Å². The van der Waals surface area contributed by atoms with Crippen LogP contribution < -0.4 is 0 Å². The molecule has 3 aromatic rings. The number of pyridine rings is 1. The summed E-state index contributed by atoms with van der Waals surface area (Å²) in [4.78, 5) is 16.0. The van der Waals surface area contributed by atoms with Crippen molar-refractivity contribution in [3.63, 3.8) is 0 Å². The van der Waals surface area contributed by atoms with Gasteiger partial charge in [0.1, 0.15) is 5.65 Å². The fourth-order valence-electron chi connectivity index (χ4n) is 2.01. The number of rotatable bonds is 2. The summed E-state index contributed by atoms with van der Waals surface area (Å²) in [7, 11) is 1.36. The molecule has 0 saturated heterocycles. The van der Waals surface area contributed by atoms with E-state index in [-0.39, 0.29) is 5.97 Å².